The van der Waals surface area contributed by atoms with E-state index in [0.717, 1.165) is 5.69 Å². The van der Waals surface area contributed by atoms with E-state index in [1.54, 1.807) is 19.2 Å². The molecular formula is C12H16IN3O3. The van der Waals surface area contributed by atoms with Crippen LogP contribution in [0.3, 0.4) is 0 Å². The zero-order valence-corrected chi connectivity index (χ0v) is 13.2. The average Bonchev–Trinajstić information content (AvgIpc) is 2.36. The maximum atomic E-state index is 11.5. The van der Waals surface area contributed by atoms with Crippen LogP contribution in [0.1, 0.15) is 6.92 Å². The summed E-state index contributed by atoms with van der Waals surface area (Å²) in [5.41, 5.74) is 0.947. The first-order valence-electron chi connectivity index (χ1n) is 5.73. The maximum absolute atomic E-state index is 11.5. The number of nitro benzene ring substituents is 1. The number of carbonyl (C=O) groups is 1. The van der Waals surface area contributed by atoms with Gasteiger partial charge in [-0.1, -0.05) is 6.92 Å². The van der Waals surface area contributed by atoms with E-state index < -0.39 is 4.92 Å². The van der Waals surface area contributed by atoms with Gasteiger partial charge < -0.3 is 10.2 Å². The summed E-state index contributed by atoms with van der Waals surface area (Å²) in [6.07, 6.45) is 0. The second-order valence-electron chi connectivity index (χ2n) is 4.29. The molecular weight excluding hydrogens is 361 g/mol. The third-order valence-corrected chi connectivity index (χ3v) is 3.67. The van der Waals surface area contributed by atoms with Gasteiger partial charge in [-0.15, -0.1) is 0 Å². The molecule has 1 aromatic rings. The van der Waals surface area contributed by atoms with E-state index >= 15 is 0 Å². The number of benzene rings is 1. The molecule has 1 N–H and O–H groups in total. The number of nitrogens with zero attached hydrogens (tertiary/aromatic N) is 2. The Hall–Kier alpha value is -1.38. The van der Waals surface area contributed by atoms with Gasteiger partial charge >= 0.3 is 0 Å². The Morgan fingerprint density at radius 1 is 1.58 bits per heavy atom. The summed E-state index contributed by atoms with van der Waals surface area (Å²) in [5.74, 6) is -0.175. The van der Waals surface area contributed by atoms with Crippen molar-refractivity contribution >= 4 is 39.9 Å². The van der Waals surface area contributed by atoms with Gasteiger partial charge in [0, 0.05) is 32.4 Å². The van der Waals surface area contributed by atoms with Crippen molar-refractivity contribution in [2.75, 3.05) is 25.5 Å². The molecule has 0 spiro atoms. The number of halogens is 1. The van der Waals surface area contributed by atoms with Gasteiger partial charge in [0.15, 0.2) is 0 Å². The van der Waals surface area contributed by atoms with Gasteiger partial charge in [-0.25, -0.2) is 0 Å². The summed E-state index contributed by atoms with van der Waals surface area (Å²) >= 11 is 1.94. The molecule has 0 aliphatic rings. The van der Waals surface area contributed by atoms with Gasteiger partial charge in [0.1, 0.15) is 0 Å². The van der Waals surface area contributed by atoms with E-state index in [1.165, 1.54) is 6.07 Å². The van der Waals surface area contributed by atoms with Crippen LogP contribution in [-0.2, 0) is 4.79 Å². The van der Waals surface area contributed by atoms with E-state index in [-0.39, 0.29) is 17.5 Å². The molecule has 7 heteroatoms. The van der Waals surface area contributed by atoms with Crippen LogP contribution in [0.4, 0.5) is 11.4 Å². The lowest BCUT2D eigenvalue weighted by Crippen LogP contribution is -2.34. The Morgan fingerprint density at radius 3 is 2.68 bits per heavy atom. The lowest BCUT2D eigenvalue weighted by molar-refractivity contribution is -0.385. The zero-order valence-electron chi connectivity index (χ0n) is 11.0. The Balaban J connectivity index is 2.83. The van der Waals surface area contributed by atoms with E-state index in [9.17, 15) is 14.9 Å². The van der Waals surface area contributed by atoms with Crippen molar-refractivity contribution < 1.29 is 9.72 Å². The first-order valence-corrected chi connectivity index (χ1v) is 6.81. The van der Waals surface area contributed by atoms with Crippen LogP contribution in [0.25, 0.3) is 0 Å². The topological polar surface area (TPSA) is 75.5 Å². The molecule has 104 valence electrons. The SMILES string of the molecule is CNC(=O)C(C)CN(C)c1ccc([N+](=O)[O-])c(I)c1. The lowest BCUT2D eigenvalue weighted by Gasteiger charge is -2.22. The standard InChI is InChI=1S/C12H16IN3O3/c1-8(12(17)14-2)7-15(3)9-4-5-11(16(18)19)10(13)6-9/h4-6,8H,7H2,1-3H3,(H,14,17). The van der Waals surface area contributed by atoms with Crippen molar-refractivity contribution in [1.82, 2.24) is 5.32 Å². The monoisotopic (exact) mass is 377 g/mol. The quantitative estimate of drug-likeness (QED) is 0.484. The fourth-order valence-electron chi connectivity index (χ4n) is 1.73. The normalized spacial score (nSPS) is 11.8. The largest absolute Gasteiger partial charge is 0.374 e. The third kappa shape index (κ3) is 4.05. The van der Waals surface area contributed by atoms with Gasteiger partial charge in [-0.3, -0.25) is 14.9 Å². The van der Waals surface area contributed by atoms with Crippen molar-refractivity contribution in [3.8, 4) is 0 Å². The molecule has 0 aliphatic heterocycles. The Kier molecular flexibility index (Phi) is 5.52. The molecule has 1 aromatic carbocycles. The minimum Gasteiger partial charge on any atom is -0.374 e. The van der Waals surface area contributed by atoms with E-state index in [0.29, 0.717) is 10.1 Å². The average molecular weight is 377 g/mol. The molecule has 1 atom stereocenters. The molecule has 0 bridgehead atoms. The van der Waals surface area contributed by atoms with Gasteiger partial charge in [0.25, 0.3) is 5.69 Å². The fraction of sp³-hybridized carbons (Fsp3) is 0.417. The van der Waals surface area contributed by atoms with Crippen LogP contribution < -0.4 is 10.2 Å². The molecule has 0 heterocycles. The number of nitrogens with one attached hydrogen (secondary N) is 1. The predicted molar refractivity (Wildman–Crippen MR) is 82.3 cm³/mol. The van der Waals surface area contributed by atoms with Crippen molar-refractivity contribution in [3.63, 3.8) is 0 Å². The molecule has 6 nitrogen and oxygen atoms in total. The second-order valence-corrected chi connectivity index (χ2v) is 5.45. The van der Waals surface area contributed by atoms with Crippen molar-refractivity contribution in [1.29, 1.82) is 0 Å². The number of rotatable bonds is 5. The zero-order chi connectivity index (χ0) is 14.6. The summed E-state index contributed by atoms with van der Waals surface area (Å²) in [4.78, 5) is 23.7. The van der Waals surface area contributed by atoms with Crippen LogP contribution >= 0.6 is 22.6 Å². The third-order valence-electron chi connectivity index (χ3n) is 2.81. The highest BCUT2D eigenvalue weighted by Gasteiger charge is 2.16. The minimum absolute atomic E-state index is 0.0246. The van der Waals surface area contributed by atoms with Crippen LogP contribution in [0.5, 0.6) is 0 Å². The van der Waals surface area contributed by atoms with Crippen molar-refractivity contribution in [3.05, 3.63) is 31.9 Å². The van der Waals surface area contributed by atoms with E-state index in [2.05, 4.69) is 5.32 Å². The number of nitro groups is 1. The highest BCUT2D eigenvalue weighted by molar-refractivity contribution is 14.1. The van der Waals surface area contributed by atoms with Crippen molar-refractivity contribution in [2.24, 2.45) is 5.92 Å². The van der Waals surface area contributed by atoms with Crippen molar-refractivity contribution in [2.45, 2.75) is 6.92 Å². The first-order chi connectivity index (χ1) is 8.86. The maximum Gasteiger partial charge on any atom is 0.282 e. The highest BCUT2D eigenvalue weighted by Crippen LogP contribution is 2.26. The predicted octanol–water partition coefficient (Wildman–Crippen LogP) is 2.02. The second kappa shape index (κ2) is 6.69. The minimum atomic E-state index is -0.404. The molecule has 0 saturated heterocycles. The van der Waals surface area contributed by atoms with Crippen LogP contribution in [0.15, 0.2) is 18.2 Å². The van der Waals surface area contributed by atoms with E-state index in [4.69, 9.17) is 0 Å². The van der Waals surface area contributed by atoms with Gasteiger partial charge in [-0.05, 0) is 34.7 Å². The molecule has 0 saturated carbocycles. The van der Waals surface area contributed by atoms with Crippen LogP contribution in [0, 0.1) is 19.6 Å². The molecule has 0 fully saturated rings. The Bertz CT molecular complexity index is 493. The summed E-state index contributed by atoms with van der Waals surface area (Å²) in [5, 5.41) is 13.3. The molecule has 1 rings (SSSR count). The van der Waals surface area contributed by atoms with Crippen LogP contribution in [-0.4, -0.2) is 31.5 Å². The number of hydrogen-bond donors (Lipinski definition) is 1. The number of amides is 1. The molecule has 1 unspecified atom stereocenters. The fourth-order valence-corrected chi connectivity index (χ4v) is 2.42. The molecule has 0 aromatic heterocycles. The molecule has 0 radical (unpaired) electrons. The first kappa shape index (κ1) is 15.7. The van der Waals surface area contributed by atoms with E-state index in [1.807, 2.05) is 41.5 Å². The number of hydrogen-bond acceptors (Lipinski definition) is 4. The number of carbonyl (C=O) groups excluding carboxylic acids is 1. The van der Waals surface area contributed by atoms with Gasteiger partial charge in [-0.2, -0.15) is 0 Å². The van der Waals surface area contributed by atoms with Gasteiger partial charge in [0.2, 0.25) is 5.91 Å². The number of anilines is 1. The summed E-state index contributed by atoms with van der Waals surface area (Å²) in [6, 6.07) is 4.92. The summed E-state index contributed by atoms with van der Waals surface area (Å²) in [7, 11) is 3.46. The molecule has 1 amide bonds. The summed E-state index contributed by atoms with van der Waals surface area (Å²) < 4.78 is 0.583. The van der Waals surface area contributed by atoms with Gasteiger partial charge in [0.05, 0.1) is 14.4 Å². The Labute approximate surface area is 125 Å². The molecule has 0 aliphatic carbocycles. The molecule has 19 heavy (non-hydrogen) atoms. The highest BCUT2D eigenvalue weighted by atomic mass is 127. The Morgan fingerprint density at radius 2 is 2.21 bits per heavy atom. The summed E-state index contributed by atoms with van der Waals surface area (Å²) in [6.45, 7) is 2.39. The van der Waals surface area contributed by atoms with Crippen LogP contribution in [0.2, 0.25) is 0 Å². The smallest absolute Gasteiger partial charge is 0.282 e. The lowest BCUT2D eigenvalue weighted by atomic mass is 10.1.